The molecular formula is C25H28N8O. The number of aryl methyl sites for hydroxylation is 1. The Morgan fingerprint density at radius 1 is 1.12 bits per heavy atom. The largest absolute Gasteiger partial charge is 0.369 e. The van der Waals surface area contributed by atoms with Crippen LogP contribution in [0.15, 0.2) is 66.4 Å². The lowest BCUT2D eigenvalue weighted by Gasteiger charge is -2.35. The number of aromatic nitrogens is 5. The molecule has 4 heterocycles. The van der Waals surface area contributed by atoms with Gasteiger partial charge in [-0.05, 0) is 49.9 Å². The van der Waals surface area contributed by atoms with Gasteiger partial charge in [0, 0.05) is 56.1 Å². The highest BCUT2D eigenvalue weighted by Crippen LogP contribution is 2.26. The number of pyridine rings is 1. The first kappa shape index (κ1) is 21.8. The zero-order chi connectivity index (χ0) is 23.7. The highest BCUT2D eigenvalue weighted by Gasteiger charge is 2.18. The Labute approximate surface area is 198 Å². The van der Waals surface area contributed by atoms with Gasteiger partial charge in [-0.15, -0.1) is 6.58 Å². The second kappa shape index (κ2) is 9.11. The first-order valence-electron chi connectivity index (χ1n) is 11.4. The Morgan fingerprint density at radius 3 is 2.59 bits per heavy atom. The van der Waals surface area contributed by atoms with Gasteiger partial charge < -0.3 is 15.1 Å². The standard InChI is InChI=1S/C25H28N8O/c1-4-11-32-24(34)21-17-27-25(29-23(21)33(32)20-7-9-26-10-8-20)28-19-5-6-22(18(2)16-19)31-14-12-30(3)13-15-31/h4-10,16-17H,1,11-15H2,2-3H3,(H,27,28,29). The van der Waals surface area contributed by atoms with E-state index in [0.29, 0.717) is 23.5 Å². The van der Waals surface area contributed by atoms with Crippen LogP contribution in [0.5, 0.6) is 0 Å². The zero-order valence-corrected chi connectivity index (χ0v) is 19.5. The maximum absolute atomic E-state index is 13.0. The summed E-state index contributed by atoms with van der Waals surface area (Å²) in [6, 6.07) is 9.99. The van der Waals surface area contributed by atoms with Crippen molar-refractivity contribution in [2.24, 2.45) is 0 Å². The van der Waals surface area contributed by atoms with Gasteiger partial charge in [0.2, 0.25) is 5.95 Å². The first-order valence-corrected chi connectivity index (χ1v) is 11.4. The summed E-state index contributed by atoms with van der Waals surface area (Å²) in [6.07, 6.45) is 6.65. The van der Waals surface area contributed by atoms with Gasteiger partial charge >= 0.3 is 0 Å². The molecule has 9 nitrogen and oxygen atoms in total. The van der Waals surface area contributed by atoms with Gasteiger partial charge in [-0.1, -0.05) is 6.08 Å². The topological polar surface area (TPSA) is 84.1 Å². The fourth-order valence-electron chi connectivity index (χ4n) is 4.39. The van der Waals surface area contributed by atoms with Crippen LogP contribution in [0.3, 0.4) is 0 Å². The van der Waals surface area contributed by atoms with Gasteiger partial charge in [-0.25, -0.2) is 14.3 Å². The molecule has 1 aromatic carbocycles. The smallest absolute Gasteiger partial charge is 0.278 e. The molecule has 0 atom stereocenters. The molecule has 174 valence electrons. The van der Waals surface area contributed by atoms with Crippen LogP contribution in [0.4, 0.5) is 17.3 Å². The Morgan fingerprint density at radius 2 is 1.88 bits per heavy atom. The van der Waals surface area contributed by atoms with Crippen molar-refractivity contribution in [1.29, 1.82) is 0 Å². The van der Waals surface area contributed by atoms with E-state index in [0.717, 1.165) is 37.6 Å². The van der Waals surface area contributed by atoms with Crippen molar-refractivity contribution in [3.63, 3.8) is 0 Å². The summed E-state index contributed by atoms with van der Waals surface area (Å²) in [6.45, 7) is 10.5. The van der Waals surface area contributed by atoms with Crippen molar-refractivity contribution in [2.45, 2.75) is 13.5 Å². The monoisotopic (exact) mass is 456 g/mol. The lowest BCUT2D eigenvalue weighted by molar-refractivity contribution is 0.312. The number of hydrogen-bond donors (Lipinski definition) is 1. The van der Waals surface area contributed by atoms with E-state index in [1.807, 2.05) is 18.2 Å². The minimum absolute atomic E-state index is 0.161. The molecule has 0 unspecified atom stereocenters. The van der Waals surface area contributed by atoms with Gasteiger partial charge in [-0.2, -0.15) is 4.98 Å². The van der Waals surface area contributed by atoms with E-state index < -0.39 is 0 Å². The van der Waals surface area contributed by atoms with Crippen LogP contribution in [0.2, 0.25) is 0 Å². The van der Waals surface area contributed by atoms with E-state index in [9.17, 15) is 4.79 Å². The summed E-state index contributed by atoms with van der Waals surface area (Å²) in [5.41, 5.74) is 4.51. The number of allylic oxidation sites excluding steroid dienone is 1. The predicted octanol–water partition coefficient (Wildman–Crippen LogP) is 2.97. The third-order valence-electron chi connectivity index (χ3n) is 6.18. The van der Waals surface area contributed by atoms with E-state index in [-0.39, 0.29) is 5.56 Å². The Bertz CT molecular complexity index is 1380. The summed E-state index contributed by atoms with van der Waals surface area (Å²) in [7, 11) is 2.16. The van der Waals surface area contributed by atoms with Gasteiger partial charge in [-0.3, -0.25) is 9.78 Å². The van der Waals surface area contributed by atoms with Crippen LogP contribution in [0, 0.1) is 6.92 Å². The van der Waals surface area contributed by atoms with E-state index in [4.69, 9.17) is 4.98 Å². The van der Waals surface area contributed by atoms with Crippen LogP contribution in [-0.2, 0) is 6.54 Å². The number of benzene rings is 1. The number of hydrogen-bond acceptors (Lipinski definition) is 7. The van der Waals surface area contributed by atoms with Crippen LogP contribution in [-0.4, -0.2) is 62.4 Å². The molecule has 1 fully saturated rings. The maximum Gasteiger partial charge on any atom is 0.278 e. The molecule has 1 N–H and O–H groups in total. The number of fused-ring (bicyclic) bond motifs is 1. The van der Waals surface area contributed by atoms with Crippen molar-refractivity contribution in [1.82, 2.24) is 29.2 Å². The average Bonchev–Trinajstić information content (AvgIpc) is 3.11. The SMILES string of the molecule is C=CCn1c(=O)c2cnc(Nc3ccc(N4CCN(C)CC4)c(C)c3)nc2n1-c1ccncc1. The number of nitrogens with one attached hydrogen (secondary N) is 1. The quantitative estimate of drug-likeness (QED) is 0.447. The van der Waals surface area contributed by atoms with Crippen molar-refractivity contribution in [3.8, 4) is 5.69 Å². The number of piperazine rings is 1. The Kier molecular flexibility index (Phi) is 5.85. The molecule has 0 spiro atoms. The van der Waals surface area contributed by atoms with Gasteiger partial charge in [0.15, 0.2) is 5.65 Å². The molecule has 34 heavy (non-hydrogen) atoms. The molecule has 0 radical (unpaired) electrons. The zero-order valence-electron chi connectivity index (χ0n) is 19.5. The third-order valence-corrected chi connectivity index (χ3v) is 6.18. The molecule has 1 aliphatic rings. The molecule has 0 amide bonds. The fourth-order valence-corrected chi connectivity index (χ4v) is 4.39. The summed E-state index contributed by atoms with van der Waals surface area (Å²) in [5, 5.41) is 3.76. The number of rotatable bonds is 6. The van der Waals surface area contributed by atoms with Crippen molar-refractivity contribution in [2.75, 3.05) is 43.4 Å². The molecule has 0 bridgehead atoms. The third kappa shape index (κ3) is 4.06. The molecule has 9 heteroatoms. The summed E-state index contributed by atoms with van der Waals surface area (Å²) in [5.74, 6) is 0.429. The number of likely N-dealkylation sites (N-methyl/N-ethyl adjacent to an activating group) is 1. The average molecular weight is 457 g/mol. The van der Waals surface area contributed by atoms with E-state index >= 15 is 0 Å². The van der Waals surface area contributed by atoms with Crippen molar-refractivity contribution in [3.05, 3.63) is 77.5 Å². The van der Waals surface area contributed by atoms with Gasteiger partial charge in [0.1, 0.15) is 5.39 Å². The Hall–Kier alpha value is -3.98. The molecule has 3 aromatic heterocycles. The van der Waals surface area contributed by atoms with Crippen molar-refractivity contribution >= 4 is 28.4 Å². The predicted molar refractivity (Wildman–Crippen MR) is 135 cm³/mol. The second-order valence-electron chi connectivity index (χ2n) is 8.54. The first-order chi connectivity index (χ1) is 16.5. The molecular weight excluding hydrogens is 428 g/mol. The molecule has 0 aliphatic carbocycles. The molecule has 0 saturated carbocycles. The second-order valence-corrected chi connectivity index (χ2v) is 8.54. The minimum Gasteiger partial charge on any atom is -0.369 e. The normalized spacial score (nSPS) is 14.5. The molecule has 5 rings (SSSR count). The summed E-state index contributed by atoms with van der Waals surface area (Å²) in [4.78, 5) is 31.0. The van der Waals surface area contributed by atoms with Gasteiger partial charge in [0.25, 0.3) is 5.56 Å². The highest BCUT2D eigenvalue weighted by molar-refractivity contribution is 5.77. The lowest BCUT2D eigenvalue weighted by atomic mass is 10.1. The van der Waals surface area contributed by atoms with Crippen LogP contribution in [0.25, 0.3) is 16.7 Å². The lowest BCUT2D eigenvalue weighted by Crippen LogP contribution is -2.44. The van der Waals surface area contributed by atoms with Crippen LogP contribution >= 0.6 is 0 Å². The molecule has 1 aliphatic heterocycles. The highest BCUT2D eigenvalue weighted by atomic mass is 16.1. The van der Waals surface area contributed by atoms with E-state index in [1.54, 1.807) is 34.0 Å². The number of anilines is 3. The summed E-state index contributed by atoms with van der Waals surface area (Å²) >= 11 is 0. The minimum atomic E-state index is -0.161. The fraction of sp³-hybridized carbons (Fsp3) is 0.280. The Balaban J connectivity index is 1.49. The van der Waals surface area contributed by atoms with Crippen LogP contribution in [0.1, 0.15) is 5.56 Å². The van der Waals surface area contributed by atoms with E-state index in [1.165, 1.54) is 11.3 Å². The van der Waals surface area contributed by atoms with E-state index in [2.05, 4.69) is 57.8 Å². The number of nitrogens with zero attached hydrogens (tertiary/aromatic N) is 7. The van der Waals surface area contributed by atoms with Gasteiger partial charge in [0.05, 0.1) is 12.2 Å². The summed E-state index contributed by atoms with van der Waals surface area (Å²) < 4.78 is 3.38. The van der Waals surface area contributed by atoms with Crippen molar-refractivity contribution < 1.29 is 0 Å². The maximum atomic E-state index is 13.0. The molecule has 4 aromatic rings. The van der Waals surface area contributed by atoms with Crippen LogP contribution < -0.4 is 15.8 Å². The molecule has 1 saturated heterocycles.